The zero-order valence-corrected chi connectivity index (χ0v) is 11.1. The Labute approximate surface area is 114 Å². The quantitative estimate of drug-likeness (QED) is 0.892. The average Bonchev–Trinajstić information content (AvgIpc) is 2.38. The van der Waals surface area contributed by atoms with Gasteiger partial charge in [-0.2, -0.15) is 11.8 Å². The maximum atomic E-state index is 13.7. The predicted octanol–water partition coefficient (Wildman–Crippen LogP) is 3.22. The van der Waals surface area contributed by atoms with E-state index in [2.05, 4.69) is 5.32 Å². The van der Waals surface area contributed by atoms with Crippen LogP contribution in [0.15, 0.2) is 12.1 Å². The first kappa shape index (κ1) is 14.1. The van der Waals surface area contributed by atoms with Gasteiger partial charge in [0.1, 0.15) is 17.3 Å². The number of rotatable bonds is 4. The van der Waals surface area contributed by atoms with Crippen LogP contribution < -0.4 is 5.32 Å². The predicted molar refractivity (Wildman–Crippen MR) is 71.9 cm³/mol. The number of anilines is 1. The Morgan fingerprint density at radius 2 is 1.89 bits per heavy atom. The summed E-state index contributed by atoms with van der Waals surface area (Å²) in [7, 11) is 0. The Hall–Kier alpha value is -1.30. The largest absolute Gasteiger partial charge is 0.478 e. The smallest absolute Gasteiger partial charge is 0.335 e. The summed E-state index contributed by atoms with van der Waals surface area (Å²) < 4.78 is 27.3. The van der Waals surface area contributed by atoms with Gasteiger partial charge in [0.15, 0.2) is 0 Å². The summed E-state index contributed by atoms with van der Waals surface area (Å²) in [6, 6.07) is 1.68. The third-order valence-electron chi connectivity index (χ3n) is 3.20. The molecule has 0 aromatic heterocycles. The standard InChI is InChI=1S/C13H15F2NO2S/c14-10-5-9(13(17)18)6-11(15)12(10)16-7-8-1-3-19-4-2-8/h5-6,8,16H,1-4,7H2,(H,17,18). The molecule has 1 aromatic carbocycles. The minimum absolute atomic E-state index is 0.233. The van der Waals surface area contributed by atoms with Gasteiger partial charge in [-0.1, -0.05) is 0 Å². The zero-order chi connectivity index (χ0) is 13.8. The molecule has 0 atom stereocenters. The van der Waals surface area contributed by atoms with Crippen LogP contribution in [0.1, 0.15) is 23.2 Å². The van der Waals surface area contributed by atoms with Crippen molar-refractivity contribution in [3.63, 3.8) is 0 Å². The summed E-state index contributed by atoms with van der Waals surface area (Å²) in [6.45, 7) is 0.515. The van der Waals surface area contributed by atoms with Gasteiger partial charge in [-0.05, 0) is 42.4 Å². The second-order valence-electron chi connectivity index (χ2n) is 4.56. The van der Waals surface area contributed by atoms with Crippen LogP contribution in [0.25, 0.3) is 0 Å². The van der Waals surface area contributed by atoms with E-state index in [1.807, 2.05) is 11.8 Å². The minimum atomic E-state index is -1.34. The van der Waals surface area contributed by atoms with Crippen molar-refractivity contribution in [2.45, 2.75) is 12.8 Å². The summed E-state index contributed by atoms with van der Waals surface area (Å²) in [4.78, 5) is 10.7. The van der Waals surface area contributed by atoms with Crippen LogP contribution in [0, 0.1) is 17.6 Å². The van der Waals surface area contributed by atoms with Crippen molar-refractivity contribution in [1.29, 1.82) is 0 Å². The summed E-state index contributed by atoms with van der Waals surface area (Å²) in [5, 5.41) is 11.5. The molecule has 1 saturated heterocycles. The highest BCUT2D eigenvalue weighted by Crippen LogP contribution is 2.25. The molecule has 0 radical (unpaired) electrons. The van der Waals surface area contributed by atoms with E-state index in [0.717, 1.165) is 36.5 Å². The maximum Gasteiger partial charge on any atom is 0.335 e. The minimum Gasteiger partial charge on any atom is -0.478 e. The number of carboxylic acid groups (broad SMARTS) is 1. The molecular formula is C13H15F2NO2S. The van der Waals surface area contributed by atoms with Crippen molar-refractivity contribution in [1.82, 2.24) is 0 Å². The lowest BCUT2D eigenvalue weighted by Gasteiger charge is -2.22. The van der Waals surface area contributed by atoms with Crippen LogP contribution in [0.5, 0.6) is 0 Å². The summed E-state index contributed by atoms with van der Waals surface area (Å²) in [5.74, 6) is -0.483. The van der Waals surface area contributed by atoms with E-state index in [4.69, 9.17) is 5.11 Å². The SMILES string of the molecule is O=C(O)c1cc(F)c(NCC2CCSCC2)c(F)c1. The zero-order valence-electron chi connectivity index (χ0n) is 10.3. The second kappa shape index (κ2) is 6.23. The van der Waals surface area contributed by atoms with Crippen molar-refractivity contribution in [3.05, 3.63) is 29.3 Å². The van der Waals surface area contributed by atoms with E-state index in [0.29, 0.717) is 12.5 Å². The number of thioether (sulfide) groups is 1. The third-order valence-corrected chi connectivity index (χ3v) is 4.25. The monoisotopic (exact) mass is 287 g/mol. The molecular weight excluding hydrogens is 272 g/mol. The average molecular weight is 287 g/mol. The van der Waals surface area contributed by atoms with Gasteiger partial charge in [0.05, 0.1) is 5.56 Å². The Balaban J connectivity index is 2.05. The normalized spacial score (nSPS) is 16.3. The Morgan fingerprint density at radius 3 is 2.42 bits per heavy atom. The van der Waals surface area contributed by atoms with Crippen LogP contribution >= 0.6 is 11.8 Å². The van der Waals surface area contributed by atoms with E-state index in [-0.39, 0.29) is 11.3 Å². The van der Waals surface area contributed by atoms with Crippen molar-refractivity contribution in [2.75, 3.05) is 23.4 Å². The molecule has 6 heteroatoms. The fourth-order valence-corrected chi connectivity index (χ4v) is 3.27. The molecule has 0 spiro atoms. The number of hydrogen-bond donors (Lipinski definition) is 2. The van der Waals surface area contributed by atoms with E-state index in [1.165, 1.54) is 0 Å². The lowest BCUT2D eigenvalue weighted by molar-refractivity contribution is 0.0696. The van der Waals surface area contributed by atoms with Crippen LogP contribution in [-0.4, -0.2) is 29.1 Å². The number of carbonyl (C=O) groups is 1. The van der Waals surface area contributed by atoms with Gasteiger partial charge in [-0.25, -0.2) is 13.6 Å². The molecule has 3 nitrogen and oxygen atoms in total. The van der Waals surface area contributed by atoms with Crippen molar-refractivity contribution >= 4 is 23.4 Å². The number of halogens is 2. The lowest BCUT2D eigenvalue weighted by Crippen LogP contribution is -2.20. The number of benzene rings is 1. The van der Waals surface area contributed by atoms with Gasteiger partial charge in [0.25, 0.3) is 0 Å². The van der Waals surface area contributed by atoms with Crippen LogP contribution in [0.4, 0.5) is 14.5 Å². The summed E-state index contributed by atoms with van der Waals surface area (Å²) in [5.41, 5.74) is -0.613. The fraction of sp³-hybridized carbons (Fsp3) is 0.462. The number of carboxylic acids is 1. The summed E-state index contributed by atoms with van der Waals surface area (Å²) in [6.07, 6.45) is 2.07. The van der Waals surface area contributed by atoms with E-state index in [1.54, 1.807) is 0 Å². The van der Waals surface area contributed by atoms with Gasteiger partial charge in [-0.15, -0.1) is 0 Å². The Bertz CT molecular complexity index is 453. The van der Waals surface area contributed by atoms with Gasteiger partial charge in [0.2, 0.25) is 0 Å². The van der Waals surface area contributed by atoms with E-state index >= 15 is 0 Å². The van der Waals surface area contributed by atoms with Crippen LogP contribution in [0.2, 0.25) is 0 Å². The van der Waals surface area contributed by atoms with Crippen molar-refractivity contribution in [2.24, 2.45) is 5.92 Å². The van der Waals surface area contributed by atoms with E-state index in [9.17, 15) is 13.6 Å². The molecule has 104 valence electrons. The van der Waals surface area contributed by atoms with E-state index < -0.39 is 17.6 Å². The number of nitrogens with one attached hydrogen (secondary N) is 1. The molecule has 19 heavy (non-hydrogen) atoms. The number of aromatic carboxylic acids is 1. The molecule has 1 fully saturated rings. The van der Waals surface area contributed by atoms with Gasteiger partial charge in [0, 0.05) is 6.54 Å². The maximum absolute atomic E-state index is 13.7. The summed E-state index contributed by atoms with van der Waals surface area (Å²) >= 11 is 1.89. The second-order valence-corrected chi connectivity index (χ2v) is 5.78. The molecule has 1 aliphatic heterocycles. The molecule has 0 saturated carbocycles. The molecule has 0 unspecified atom stereocenters. The molecule has 0 amide bonds. The molecule has 0 aliphatic carbocycles. The molecule has 2 N–H and O–H groups in total. The van der Waals surface area contributed by atoms with Crippen molar-refractivity contribution < 1.29 is 18.7 Å². The first-order chi connectivity index (χ1) is 9.08. The van der Waals surface area contributed by atoms with Gasteiger partial charge >= 0.3 is 5.97 Å². The molecule has 2 rings (SSSR count). The fourth-order valence-electron chi connectivity index (χ4n) is 2.06. The first-order valence-corrected chi connectivity index (χ1v) is 7.27. The first-order valence-electron chi connectivity index (χ1n) is 6.12. The van der Waals surface area contributed by atoms with Crippen LogP contribution in [0.3, 0.4) is 0 Å². The molecule has 0 bridgehead atoms. The van der Waals surface area contributed by atoms with Crippen LogP contribution in [-0.2, 0) is 0 Å². The third kappa shape index (κ3) is 3.59. The highest BCUT2D eigenvalue weighted by Gasteiger charge is 2.17. The molecule has 1 aromatic rings. The molecule has 1 aliphatic rings. The highest BCUT2D eigenvalue weighted by atomic mass is 32.2. The van der Waals surface area contributed by atoms with Crippen molar-refractivity contribution in [3.8, 4) is 0 Å². The Kier molecular flexibility index (Phi) is 4.63. The lowest BCUT2D eigenvalue weighted by atomic mass is 10.0. The van der Waals surface area contributed by atoms with Gasteiger partial charge < -0.3 is 10.4 Å². The molecule has 1 heterocycles. The topological polar surface area (TPSA) is 49.3 Å². The van der Waals surface area contributed by atoms with Gasteiger partial charge in [-0.3, -0.25) is 0 Å². The highest BCUT2D eigenvalue weighted by molar-refractivity contribution is 7.99. The number of hydrogen-bond acceptors (Lipinski definition) is 3. The Morgan fingerprint density at radius 1 is 1.32 bits per heavy atom.